The van der Waals surface area contributed by atoms with Crippen LogP contribution in [0.2, 0.25) is 5.02 Å². The molecule has 0 spiro atoms. The van der Waals surface area contributed by atoms with Crippen LogP contribution in [0.25, 0.3) is 0 Å². The molecule has 3 nitrogen and oxygen atoms in total. The number of piperidine rings is 1. The molecule has 0 amide bonds. The number of hydrogen-bond donors (Lipinski definition) is 1. The monoisotopic (exact) mass is 349 g/mol. The lowest BCUT2D eigenvalue weighted by Gasteiger charge is -2.38. The summed E-state index contributed by atoms with van der Waals surface area (Å²) < 4.78 is 0. The molecule has 1 aliphatic heterocycles. The molecule has 0 bridgehead atoms. The van der Waals surface area contributed by atoms with Gasteiger partial charge in [0.05, 0.1) is 5.69 Å². The molecule has 23 heavy (non-hydrogen) atoms. The highest BCUT2D eigenvalue weighted by atomic mass is 35.5. The summed E-state index contributed by atoms with van der Waals surface area (Å²) in [5.74, 6) is 1.59. The maximum atomic E-state index is 6.55. The zero-order chi connectivity index (χ0) is 15.0. The van der Waals surface area contributed by atoms with Crippen molar-refractivity contribution in [3.63, 3.8) is 0 Å². The minimum atomic E-state index is -0.0871. The Morgan fingerprint density at radius 3 is 2.52 bits per heavy atom. The number of nitrogens with one attached hydrogen (secondary N) is 1. The SMILES string of the molecule is Cl.Clc1ccccc1C1(c2ccnc(C3CC3)n2)CCNCC1. The molecule has 122 valence electrons. The van der Waals surface area contributed by atoms with Crippen molar-refractivity contribution < 1.29 is 0 Å². The van der Waals surface area contributed by atoms with E-state index in [0.29, 0.717) is 5.92 Å². The van der Waals surface area contributed by atoms with Gasteiger partial charge in [-0.15, -0.1) is 12.4 Å². The van der Waals surface area contributed by atoms with E-state index in [2.05, 4.69) is 28.5 Å². The first kappa shape index (κ1) is 16.7. The van der Waals surface area contributed by atoms with Crippen molar-refractivity contribution in [3.05, 3.63) is 58.6 Å². The van der Waals surface area contributed by atoms with Gasteiger partial charge in [-0.3, -0.25) is 0 Å². The maximum Gasteiger partial charge on any atom is 0.131 e. The molecule has 4 rings (SSSR count). The van der Waals surface area contributed by atoms with Gasteiger partial charge in [0.25, 0.3) is 0 Å². The minimum Gasteiger partial charge on any atom is -0.317 e. The zero-order valence-electron chi connectivity index (χ0n) is 13.0. The van der Waals surface area contributed by atoms with E-state index < -0.39 is 0 Å². The summed E-state index contributed by atoms with van der Waals surface area (Å²) in [5, 5.41) is 4.31. The Kier molecular flexibility index (Phi) is 4.90. The molecule has 0 unspecified atom stereocenters. The lowest BCUT2D eigenvalue weighted by atomic mass is 9.70. The van der Waals surface area contributed by atoms with E-state index in [9.17, 15) is 0 Å². The highest BCUT2D eigenvalue weighted by Crippen LogP contribution is 2.44. The molecular weight excluding hydrogens is 329 g/mol. The number of halogens is 2. The van der Waals surface area contributed by atoms with Gasteiger partial charge < -0.3 is 5.32 Å². The molecule has 0 radical (unpaired) electrons. The Hall–Kier alpha value is -1.16. The number of rotatable bonds is 3. The summed E-state index contributed by atoms with van der Waals surface area (Å²) in [6.07, 6.45) is 6.43. The second-order valence-corrected chi connectivity index (χ2v) is 6.79. The second kappa shape index (κ2) is 6.76. The van der Waals surface area contributed by atoms with Crippen molar-refractivity contribution in [1.29, 1.82) is 0 Å². The van der Waals surface area contributed by atoms with Crippen LogP contribution in [0.3, 0.4) is 0 Å². The molecule has 2 fully saturated rings. The maximum absolute atomic E-state index is 6.55. The topological polar surface area (TPSA) is 37.8 Å². The van der Waals surface area contributed by atoms with Crippen molar-refractivity contribution in [3.8, 4) is 0 Å². The average Bonchev–Trinajstić information content (AvgIpc) is 3.41. The molecule has 0 atom stereocenters. The summed E-state index contributed by atoms with van der Waals surface area (Å²) in [6.45, 7) is 1.99. The normalized spacial score (nSPS) is 19.9. The van der Waals surface area contributed by atoms with Crippen LogP contribution in [0.15, 0.2) is 36.5 Å². The molecule has 5 heteroatoms. The van der Waals surface area contributed by atoms with E-state index in [0.717, 1.165) is 42.5 Å². The van der Waals surface area contributed by atoms with Gasteiger partial charge >= 0.3 is 0 Å². The van der Waals surface area contributed by atoms with Gasteiger partial charge in [-0.25, -0.2) is 9.97 Å². The predicted molar refractivity (Wildman–Crippen MR) is 95.6 cm³/mol. The predicted octanol–water partition coefficient (Wildman–Crippen LogP) is 4.10. The van der Waals surface area contributed by atoms with Gasteiger partial charge in [0.2, 0.25) is 0 Å². The third kappa shape index (κ3) is 3.10. The first-order chi connectivity index (χ1) is 10.8. The molecule has 1 saturated heterocycles. The van der Waals surface area contributed by atoms with Crippen LogP contribution in [0, 0.1) is 0 Å². The molecule has 2 aliphatic rings. The number of benzene rings is 1. The standard InChI is InChI=1S/C18H20ClN3.ClH/c19-15-4-2-1-3-14(15)18(8-11-20-12-9-18)16-7-10-21-17(22-16)13-5-6-13;/h1-4,7,10,13,20H,5-6,8-9,11-12H2;1H. The Balaban J connectivity index is 0.00000156. The quantitative estimate of drug-likeness (QED) is 0.906. The highest BCUT2D eigenvalue weighted by molar-refractivity contribution is 6.31. The fourth-order valence-corrected chi connectivity index (χ4v) is 3.86. The van der Waals surface area contributed by atoms with Crippen LogP contribution in [-0.4, -0.2) is 23.1 Å². The Morgan fingerprint density at radius 2 is 1.83 bits per heavy atom. The Labute approximate surface area is 148 Å². The van der Waals surface area contributed by atoms with Gasteiger partial charge in [0.1, 0.15) is 5.82 Å². The van der Waals surface area contributed by atoms with Crippen molar-refractivity contribution >= 4 is 24.0 Å². The lowest BCUT2D eigenvalue weighted by Crippen LogP contribution is -2.41. The fourth-order valence-electron chi connectivity index (χ4n) is 3.54. The summed E-state index contributed by atoms with van der Waals surface area (Å²) in [4.78, 5) is 9.43. The van der Waals surface area contributed by atoms with Crippen LogP contribution in [0.1, 0.15) is 48.7 Å². The van der Waals surface area contributed by atoms with E-state index in [1.54, 1.807) is 0 Å². The molecule has 1 aliphatic carbocycles. The average molecular weight is 350 g/mol. The van der Waals surface area contributed by atoms with Crippen molar-refractivity contribution in [2.24, 2.45) is 0 Å². The number of aromatic nitrogens is 2. The van der Waals surface area contributed by atoms with Crippen molar-refractivity contribution in [1.82, 2.24) is 15.3 Å². The summed E-state index contributed by atoms with van der Waals surface area (Å²) in [7, 11) is 0. The summed E-state index contributed by atoms with van der Waals surface area (Å²) in [6, 6.07) is 10.3. The number of nitrogens with zero attached hydrogens (tertiary/aromatic N) is 2. The first-order valence-electron chi connectivity index (χ1n) is 8.09. The van der Waals surface area contributed by atoms with Crippen molar-refractivity contribution in [2.45, 2.75) is 37.0 Å². The molecular formula is C18H21Cl2N3. The third-order valence-electron chi connectivity index (χ3n) is 4.95. The van der Waals surface area contributed by atoms with E-state index >= 15 is 0 Å². The van der Waals surface area contributed by atoms with Crippen LogP contribution in [0.4, 0.5) is 0 Å². The van der Waals surface area contributed by atoms with Crippen molar-refractivity contribution in [2.75, 3.05) is 13.1 Å². The Morgan fingerprint density at radius 1 is 1.09 bits per heavy atom. The van der Waals surface area contributed by atoms with Crippen LogP contribution < -0.4 is 5.32 Å². The van der Waals surface area contributed by atoms with Crippen LogP contribution in [-0.2, 0) is 5.41 Å². The summed E-state index contributed by atoms with van der Waals surface area (Å²) in [5.41, 5.74) is 2.26. The smallest absolute Gasteiger partial charge is 0.131 e. The van der Waals surface area contributed by atoms with Gasteiger partial charge in [0, 0.05) is 22.6 Å². The Bertz CT molecular complexity index is 679. The minimum absolute atomic E-state index is 0. The molecule has 1 aromatic heterocycles. The highest BCUT2D eigenvalue weighted by Gasteiger charge is 2.39. The third-order valence-corrected chi connectivity index (χ3v) is 5.28. The second-order valence-electron chi connectivity index (χ2n) is 6.39. The van der Waals surface area contributed by atoms with E-state index in [1.165, 1.54) is 18.4 Å². The molecule has 1 saturated carbocycles. The summed E-state index contributed by atoms with van der Waals surface area (Å²) >= 11 is 6.55. The van der Waals surface area contributed by atoms with Gasteiger partial charge in [0.15, 0.2) is 0 Å². The van der Waals surface area contributed by atoms with Crippen LogP contribution >= 0.6 is 24.0 Å². The molecule has 2 aromatic rings. The fraction of sp³-hybridized carbons (Fsp3) is 0.444. The van der Waals surface area contributed by atoms with Gasteiger partial charge in [-0.2, -0.15) is 0 Å². The van der Waals surface area contributed by atoms with E-state index in [-0.39, 0.29) is 17.8 Å². The molecule has 1 N–H and O–H groups in total. The largest absolute Gasteiger partial charge is 0.317 e. The van der Waals surface area contributed by atoms with Crippen LogP contribution in [0.5, 0.6) is 0 Å². The van der Waals surface area contributed by atoms with Gasteiger partial charge in [-0.1, -0.05) is 29.8 Å². The molecule has 1 aromatic carbocycles. The van der Waals surface area contributed by atoms with E-state index in [4.69, 9.17) is 16.6 Å². The first-order valence-corrected chi connectivity index (χ1v) is 8.46. The van der Waals surface area contributed by atoms with Gasteiger partial charge in [-0.05, 0) is 56.5 Å². The zero-order valence-corrected chi connectivity index (χ0v) is 14.5. The van der Waals surface area contributed by atoms with E-state index in [1.807, 2.05) is 18.3 Å². The number of hydrogen-bond acceptors (Lipinski definition) is 3. The lowest BCUT2D eigenvalue weighted by molar-refractivity contribution is 0.353. The molecule has 2 heterocycles.